The maximum Gasteiger partial charge on any atom is 0.253 e. The van der Waals surface area contributed by atoms with Crippen LogP contribution in [0.2, 0.25) is 0 Å². The second-order valence-electron chi connectivity index (χ2n) is 7.01. The van der Waals surface area contributed by atoms with Gasteiger partial charge in [0.1, 0.15) is 0 Å². The number of carbonyl (C=O) groups excluding carboxylic acids is 1. The maximum absolute atomic E-state index is 12.9. The van der Waals surface area contributed by atoms with Crippen molar-refractivity contribution in [2.45, 2.75) is 39.7 Å². The fourth-order valence-electron chi connectivity index (χ4n) is 3.85. The van der Waals surface area contributed by atoms with Crippen LogP contribution < -0.4 is 4.90 Å². The third-order valence-corrected chi connectivity index (χ3v) is 5.26. The smallest absolute Gasteiger partial charge is 0.253 e. The first kappa shape index (κ1) is 18.8. The molecule has 2 atom stereocenters. The number of likely N-dealkylation sites (tertiary alicyclic amines) is 1. The van der Waals surface area contributed by atoms with E-state index < -0.39 is 0 Å². The fraction of sp³-hybridized carbons (Fsp3) is 0.650. The molecule has 0 spiro atoms. The lowest BCUT2D eigenvalue weighted by atomic mass is 9.98. The van der Waals surface area contributed by atoms with Gasteiger partial charge in [0.2, 0.25) is 0 Å². The van der Waals surface area contributed by atoms with Crippen LogP contribution in [0.5, 0.6) is 0 Å². The van der Waals surface area contributed by atoms with E-state index in [9.17, 15) is 4.79 Å². The number of hydrogen-bond donors (Lipinski definition) is 0. The molecule has 0 aromatic heterocycles. The van der Waals surface area contributed by atoms with Gasteiger partial charge in [0.05, 0.1) is 0 Å². The Balaban J connectivity index is 2.08. The van der Waals surface area contributed by atoms with Crippen molar-refractivity contribution in [3.05, 3.63) is 29.8 Å². The predicted molar refractivity (Wildman–Crippen MR) is 102 cm³/mol. The van der Waals surface area contributed by atoms with Gasteiger partial charge in [0.25, 0.3) is 5.91 Å². The van der Waals surface area contributed by atoms with Crippen LogP contribution >= 0.6 is 0 Å². The topological polar surface area (TPSA) is 26.8 Å². The summed E-state index contributed by atoms with van der Waals surface area (Å²) in [5, 5.41) is 0. The molecule has 1 amide bonds. The maximum atomic E-state index is 12.9. The molecule has 1 aliphatic heterocycles. The number of likely N-dealkylation sites (N-methyl/N-ethyl adjacent to an activating group) is 1. The van der Waals surface area contributed by atoms with Crippen molar-refractivity contribution in [3.8, 4) is 0 Å². The molecule has 1 fully saturated rings. The van der Waals surface area contributed by atoms with E-state index in [-0.39, 0.29) is 5.91 Å². The third kappa shape index (κ3) is 4.10. The lowest BCUT2D eigenvalue weighted by Crippen LogP contribution is -2.36. The summed E-state index contributed by atoms with van der Waals surface area (Å²) in [5.74, 6) is 0.760. The number of hydrogen-bond acceptors (Lipinski definition) is 3. The zero-order valence-corrected chi connectivity index (χ0v) is 16.0. The number of carbonyl (C=O) groups is 1. The van der Waals surface area contributed by atoms with Gasteiger partial charge in [-0.3, -0.25) is 4.79 Å². The molecule has 1 aromatic rings. The molecule has 1 saturated heterocycles. The first-order valence-electron chi connectivity index (χ1n) is 9.32. The van der Waals surface area contributed by atoms with Gasteiger partial charge >= 0.3 is 0 Å². The summed E-state index contributed by atoms with van der Waals surface area (Å²) in [4.78, 5) is 19.5. The monoisotopic (exact) mass is 331 g/mol. The highest BCUT2D eigenvalue weighted by Crippen LogP contribution is 2.26. The highest BCUT2D eigenvalue weighted by Gasteiger charge is 2.35. The summed E-state index contributed by atoms with van der Waals surface area (Å²) in [6.07, 6.45) is 2.36. The van der Waals surface area contributed by atoms with Gasteiger partial charge in [0, 0.05) is 43.5 Å². The molecule has 1 aliphatic rings. The summed E-state index contributed by atoms with van der Waals surface area (Å²) in [6.45, 7) is 10.2. The van der Waals surface area contributed by atoms with Crippen LogP contribution in [0.15, 0.2) is 24.3 Å². The van der Waals surface area contributed by atoms with Gasteiger partial charge in [-0.05, 0) is 64.5 Å². The van der Waals surface area contributed by atoms with Gasteiger partial charge in [-0.25, -0.2) is 0 Å². The average Bonchev–Trinajstić information content (AvgIpc) is 3.00. The van der Waals surface area contributed by atoms with Gasteiger partial charge in [-0.2, -0.15) is 0 Å². The lowest BCUT2D eigenvalue weighted by Gasteiger charge is -2.24. The molecule has 0 aliphatic carbocycles. The Morgan fingerprint density at radius 1 is 1.08 bits per heavy atom. The van der Waals surface area contributed by atoms with Crippen LogP contribution in [0.3, 0.4) is 0 Å². The molecule has 4 heteroatoms. The van der Waals surface area contributed by atoms with Crippen molar-refractivity contribution >= 4 is 11.6 Å². The number of amides is 1. The molecular weight excluding hydrogens is 298 g/mol. The van der Waals surface area contributed by atoms with E-state index in [4.69, 9.17) is 0 Å². The minimum absolute atomic E-state index is 0.173. The molecule has 1 heterocycles. The largest absolute Gasteiger partial charge is 0.372 e. The second-order valence-corrected chi connectivity index (χ2v) is 7.01. The summed E-state index contributed by atoms with van der Waals surface area (Å²) in [5.41, 5.74) is 1.99. The van der Waals surface area contributed by atoms with Crippen molar-refractivity contribution in [1.82, 2.24) is 9.80 Å². The standard InChI is InChI=1S/C20H33N3O/c1-6-9-17-14-23(15-19(17)21(4)5)20(24)16-10-12-18(13-11-16)22(7-2)8-3/h10-13,17,19H,6-9,14-15H2,1-5H3/t17-,19-/m1/s1. The van der Waals surface area contributed by atoms with Crippen molar-refractivity contribution in [2.24, 2.45) is 5.92 Å². The van der Waals surface area contributed by atoms with E-state index in [1.165, 1.54) is 18.5 Å². The third-order valence-electron chi connectivity index (χ3n) is 5.26. The summed E-state index contributed by atoms with van der Waals surface area (Å²) < 4.78 is 0. The number of benzene rings is 1. The van der Waals surface area contributed by atoms with Crippen LogP contribution in [-0.4, -0.2) is 62.0 Å². The van der Waals surface area contributed by atoms with Gasteiger partial charge < -0.3 is 14.7 Å². The molecule has 4 nitrogen and oxygen atoms in total. The Kier molecular flexibility index (Phi) is 6.67. The van der Waals surface area contributed by atoms with Crippen LogP contribution in [-0.2, 0) is 0 Å². The van der Waals surface area contributed by atoms with Gasteiger partial charge in [0.15, 0.2) is 0 Å². The van der Waals surface area contributed by atoms with Crippen molar-refractivity contribution in [1.29, 1.82) is 0 Å². The highest BCUT2D eigenvalue weighted by atomic mass is 16.2. The molecule has 0 saturated carbocycles. The highest BCUT2D eigenvalue weighted by molar-refractivity contribution is 5.94. The quantitative estimate of drug-likeness (QED) is 0.767. The normalized spacial score (nSPS) is 20.7. The van der Waals surface area contributed by atoms with E-state index in [0.717, 1.165) is 31.7 Å². The lowest BCUT2D eigenvalue weighted by molar-refractivity contribution is 0.0781. The van der Waals surface area contributed by atoms with Crippen molar-refractivity contribution < 1.29 is 4.79 Å². The zero-order chi connectivity index (χ0) is 17.7. The number of nitrogens with zero attached hydrogens (tertiary/aromatic N) is 3. The van der Waals surface area contributed by atoms with Crippen molar-refractivity contribution in [2.75, 3.05) is 45.2 Å². The molecule has 2 rings (SSSR count). The number of rotatable bonds is 7. The minimum Gasteiger partial charge on any atom is -0.372 e. The Morgan fingerprint density at radius 3 is 2.21 bits per heavy atom. The van der Waals surface area contributed by atoms with Crippen LogP contribution in [0.4, 0.5) is 5.69 Å². The van der Waals surface area contributed by atoms with E-state index in [0.29, 0.717) is 12.0 Å². The van der Waals surface area contributed by atoms with E-state index in [1.807, 2.05) is 17.0 Å². The first-order valence-corrected chi connectivity index (χ1v) is 9.32. The Bertz CT molecular complexity index is 522. The summed E-state index contributed by atoms with van der Waals surface area (Å²) in [6, 6.07) is 8.58. The molecule has 134 valence electrons. The van der Waals surface area contributed by atoms with E-state index in [1.54, 1.807) is 0 Å². The Morgan fingerprint density at radius 2 is 1.71 bits per heavy atom. The van der Waals surface area contributed by atoms with Crippen LogP contribution in [0.25, 0.3) is 0 Å². The molecular formula is C20H33N3O. The van der Waals surface area contributed by atoms with Gasteiger partial charge in [-0.1, -0.05) is 13.3 Å². The number of anilines is 1. The van der Waals surface area contributed by atoms with Crippen molar-refractivity contribution in [3.63, 3.8) is 0 Å². The van der Waals surface area contributed by atoms with E-state index in [2.05, 4.69) is 56.8 Å². The molecule has 0 bridgehead atoms. The van der Waals surface area contributed by atoms with Crippen LogP contribution in [0, 0.1) is 5.92 Å². The van der Waals surface area contributed by atoms with Crippen LogP contribution in [0.1, 0.15) is 44.0 Å². The first-order chi connectivity index (χ1) is 11.5. The minimum atomic E-state index is 0.173. The Hall–Kier alpha value is -1.55. The van der Waals surface area contributed by atoms with E-state index >= 15 is 0 Å². The summed E-state index contributed by atoms with van der Waals surface area (Å²) in [7, 11) is 4.25. The predicted octanol–water partition coefficient (Wildman–Crippen LogP) is 3.34. The van der Waals surface area contributed by atoms with Gasteiger partial charge in [-0.15, -0.1) is 0 Å². The molecule has 0 N–H and O–H groups in total. The molecule has 0 unspecified atom stereocenters. The SMILES string of the molecule is CCC[C@@H]1CN(C(=O)c2ccc(N(CC)CC)cc2)C[C@H]1N(C)C. The Labute approximate surface area is 147 Å². The second kappa shape index (κ2) is 8.52. The molecule has 24 heavy (non-hydrogen) atoms. The average molecular weight is 332 g/mol. The fourth-order valence-corrected chi connectivity index (χ4v) is 3.85. The summed E-state index contributed by atoms with van der Waals surface area (Å²) >= 11 is 0. The molecule has 0 radical (unpaired) electrons. The zero-order valence-electron chi connectivity index (χ0n) is 16.0. The molecule has 1 aromatic carbocycles.